The Morgan fingerprint density at radius 3 is 3.08 bits per heavy atom. The molecule has 1 aliphatic rings. The highest BCUT2D eigenvalue weighted by Gasteiger charge is 2.19. The van der Waals surface area contributed by atoms with Gasteiger partial charge in [0.2, 0.25) is 0 Å². The first-order valence-corrected chi connectivity index (χ1v) is 4.79. The molecule has 1 nitrogen and oxygen atoms in total. The van der Waals surface area contributed by atoms with Crippen LogP contribution in [0.4, 0.5) is 0 Å². The minimum atomic E-state index is 0.606. The predicted molar refractivity (Wildman–Crippen MR) is 54.4 cm³/mol. The summed E-state index contributed by atoms with van der Waals surface area (Å²) in [5.74, 6) is 0.606. The van der Waals surface area contributed by atoms with Gasteiger partial charge in [0.15, 0.2) is 0 Å². The van der Waals surface area contributed by atoms with Crippen molar-refractivity contribution in [2.24, 2.45) is 5.92 Å². The van der Waals surface area contributed by atoms with Crippen LogP contribution < -0.4 is 0 Å². The number of aldehydes is 1. The van der Waals surface area contributed by atoms with Crippen LogP contribution in [0, 0.1) is 5.92 Å². The summed E-state index contributed by atoms with van der Waals surface area (Å²) in [5.41, 5.74) is 5.05. The van der Waals surface area contributed by atoms with E-state index in [0.29, 0.717) is 11.5 Å². The zero-order chi connectivity index (χ0) is 9.68. The van der Waals surface area contributed by atoms with Crippen molar-refractivity contribution in [3.63, 3.8) is 0 Å². The highest BCUT2D eigenvalue weighted by molar-refractivity contribution is 5.71. The molecule has 0 amide bonds. The van der Waals surface area contributed by atoms with E-state index < -0.39 is 0 Å². The highest BCUT2D eigenvalue weighted by atomic mass is 16.1. The molecule has 0 radical (unpaired) electrons. The largest absolute Gasteiger partial charge is 0.298 e. The lowest BCUT2D eigenvalue weighted by atomic mass is 9.96. The summed E-state index contributed by atoms with van der Waals surface area (Å²) in [6.07, 6.45) is 6.32. The fraction of sp³-hybridized carbons (Fsp3) is 0.500. The summed E-state index contributed by atoms with van der Waals surface area (Å²) in [4.78, 5) is 10.3. The van der Waals surface area contributed by atoms with E-state index in [0.717, 1.165) is 25.5 Å². The van der Waals surface area contributed by atoms with Crippen molar-refractivity contribution < 1.29 is 4.79 Å². The molecule has 0 aliphatic heterocycles. The molecule has 0 spiro atoms. The van der Waals surface area contributed by atoms with E-state index in [1.54, 1.807) is 0 Å². The monoisotopic (exact) mass is 176 g/mol. The molecule has 0 aromatic rings. The maximum absolute atomic E-state index is 10.3. The van der Waals surface area contributed by atoms with Crippen LogP contribution in [0.15, 0.2) is 30.0 Å². The Morgan fingerprint density at radius 2 is 2.46 bits per heavy atom. The average Bonchev–Trinajstić information content (AvgIpc) is 2.61. The van der Waals surface area contributed by atoms with E-state index in [1.807, 2.05) is 0 Å². The third-order valence-electron chi connectivity index (χ3n) is 2.70. The molecule has 1 unspecified atom stereocenters. The van der Waals surface area contributed by atoms with Gasteiger partial charge < -0.3 is 0 Å². The van der Waals surface area contributed by atoms with Crippen molar-refractivity contribution in [3.05, 3.63) is 30.0 Å². The second-order valence-corrected chi connectivity index (χ2v) is 3.61. The first-order chi connectivity index (χ1) is 6.27. The normalized spacial score (nSPS) is 21.2. The number of rotatable bonds is 4. The Bertz CT molecular complexity index is 256. The summed E-state index contributed by atoms with van der Waals surface area (Å²) in [6, 6.07) is 0. The first-order valence-electron chi connectivity index (χ1n) is 4.79. The summed E-state index contributed by atoms with van der Waals surface area (Å²) in [7, 11) is 0. The molecular formula is C12H16O. The summed E-state index contributed by atoms with van der Waals surface area (Å²) < 4.78 is 0. The fourth-order valence-electron chi connectivity index (χ4n) is 1.89. The van der Waals surface area contributed by atoms with Crippen molar-refractivity contribution in [1.82, 2.24) is 0 Å². The van der Waals surface area contributed by atoms with Gasteiger partial charge in [0, 0.05) is 0 Å². The van der Waals surface area contributed by atoms with Crippen LogP contribution >= 0.6 is 0 Å². The van der Waals surface area contributed by atoms with Gasteiger partial charge in [0.05, 0.1) is 0 Å². The number of hydrogen-bond acceptors (Lipinski definition) is 1. The number of allylic oxidation sites excluding steroid dienone is 2. The third kappa shape index (κ3) is 2.71. The Labute approximate surface area is 79.8 Å². The maximum Gasteiger partial charge on any atom is 0.145 e. The van der Waals surface area contributed by atoms with Gasteiger partial charge in [-0.05, 0) is 49.2 Å². The van der Waals surface area contributed by atoms with Gasteiger partial charge in [-0.25, -0.2) is 0 Å². The van der Waals surface area contributed by atoms with Crippen LogP contribution in [-0.4, -0.2) is 6.29 Å². The molecule has 0 heterocycles. The predicted octanol–water partition coefficient (Wildman–Crippen LogP) is 3.03. The minimum Gasteiger partial charge on any atom is -0.298 e. The lowest BCUT2D eigenvalue weighted by molar-refractivity contribution is -0.105. The Balaban J connectivity index is 2.41. The van der Waals surface area contributed by atoms with Crippen molar-refractivity contribution in [2.75, 3.05) is 0 Å². The van der Waals surface area contributed by atoms with Gasteiger partial charge in [-0.1, -0.05) is 13.2 Å². The lowest BCUT2D eigenvalue weighted by Gasteiger charge is -2.08. The standard InChI is InChI=1S/C12H16O/c1-3-11-5-4-6-12(11)8-7-10(2)9-13/h9,12H,1-2,4-8H2. The average molecular weight is 176 g/mol. The second kappa shape index (κ2) is 4.84. The van der Waals surface area contributed by atoms with Crippen molar-refractivity contribution in [3.8, 4) is 0 Å². The lowest BCUT2D eigenvalue weighted by Crippen LogP contribution is -1.97. The molecule has 0 bridgehead atoms. The molecule has 13 heavy (non-hydrogen) atoms. The van der Waals surface area contributed by atoms with E-state index in [9.17, 15) is 4.79 Å². The van der Waals surface area contributed by atoms with Crippen LogP contribution in [0.25, 0.3) is 0 Å². The number of carbonyl (C=O) groups is 1. The SMILES string of the molecule is C=C=C1CCCC1CCC(=C)C=O. The fourth-order valence-corrected chi connectivity index (χ4v) is 1.89. The highest BCUT2D eigenvalue weighted by Crippen LogP contribution is 2.33. The zero-order valence-electron chi connectivity index (χ0n) is 8.01. The van der Waals surface area contributed by atoms with Gasteiger partial charge in [-0.3, -0.25) is 4.79 Å². The smallest absolute Gasteiger partial charge is 0.145 e. The van der Waals surface area contributed by atoms with Crippen molar-refractivity contribution in [2.45, 2.75) is 32.1 Å². The van der Waals surface area contributed by atoms with Gasteiger partial charge >= 0.3 is 0 Å². The van der Waals surface area contributed by atoms with Gasteiger partial charge in [0.25, 0.3) is 0 Å². The second-order valence-electron chi connectivity index (χ2n) is 3.61. The molecule has 0 aromatic heterocycles. The van der Waals surface area contributed by atoms with Crippen molar-refractivity contribution in [1.29, 1.82) is 0 Å². The van der Waals surface area contributed by atoms with Gasteiger partial charge in [0.1, 0.15) is 6.29 Å². The zero-order valence-corrected chi connectivity index (χ0v) is 8.01. The molecule has 1 heteroatoms. The molecule has 0 N–H and O–H groups in total. The van der Waals surface area contributed by atoms with Crippen molar-refractivity contribution >= 4 is 6.29 Å². The molecule has 1 saturated carbocycles. The van der Waals surface area contributed by atoms with E-state index in [1.165, 1.54) is 18.4 Å². The molecule has 0 aromatic carbocycles. The topological polar surface area (TPSA) is 17.1 Å². The molecule has 1 fully saturated rings. The van der Waals surface area contributed by atoms with Crippen LogP contribution in [0.3, 0.4) is 0 Å². The summed E-state index contributed by atoms with van der Waals surface area (Å²) in [5, 5.41) is 0. The van der Waals surface area contributed by atoms with Gasteiger partial charge in [-0.2, -0.15) is 0 Å². The Kier molecular flexibility index (Phi) is 3.72. The Hall–Kier alpha value is -1.07. The van der Waals surface area contributed by atoms with E-state index in [-0.39, 0.29) is 0 Å². The van der Waals surface area contributed by atoms with Crippen LogP contribution in [0.1, 0.15) is 32.1 Å². The maximum atomic E-state index is 10.3. The third-order valence-corrected chi connectivity index (χ3v) is 2.70. The van der Waals surface area contributed by atoms with Gasteiger partial charge in [-0.15, -0.1) is 5.73 Å². The molecule has 70 valence electrons. The van der Waals surface area contributed by atoms with Crippen LogP contribution in [0.5, 0.6) is 0 Å². The molecule has 1 rings (SSSR count). The quantitative estimate of drug-likeness (QED) is 0.365. The minimum absolute atomic E-state index is 0.606. The van der Waals surface area contributed by atoms with E-state index in [4.69, 9.17) is 0 Å². The summed E-state index contributed by atoms with van der Waals surface area (Å²) >= 11 is 0. The molecule has 0 saturated heterocycles. The Morgan fingerprint density at radius 1 is 1.69 bits per heavy atom. The number of carbonyl (C=O) groups excluding carboxylic acids is 1. The first kappa shape index (κ1) is 10.0. The number of hydrogen-bond donors (Lipinski definition) is 0. The molecule has 1 atom stereocenters. The molecular weight excluding hydrogens is 160 g/mol. The molecule has 1 aliphatic carbocycles. The van der Waals surface area contributed by atoms with E-state index in [2.05, 4.69) is 18.9 Å². The van der Waals surface area contributed by atoms with Crippen LogP contribution in [0.2, 0.25) is 0 Å². The van der Waals surface area contributed by atoms with Crippen LogP contribution in [-0.2, 0) is 4.79 Å². The van der Waals surface area contributed by atoms with E-state index >= 15 is 0 Å². The summed E-state index contributed by atoms with van der Waals surface area (Å²) in [6.45, 7) is 7.36.